The first-order valence-electron chi connectivity index (χ1n) is 22.0. The molecular weight excluding hydrogens is 877 g/mol. The van der Waals surface area contributed by atoms with Gasteiger partial charge < -0.3 is 28.6 Å². The van der Waals surface area contributed by atoms with Crippen LogP contribution in [-0.4, -0.2) is 47.6 Å². The van der Waals surface area contributed by atoms with Crippen molar-refractivity contribution in [2.24, 2.45) is 0 Å². The molecule has 9 rings (SSSR count). The maximum absolute atomic E-state index is 14.1. The van der Waals surface area contributed by atoms with Crippen molar-refractivity contribution in [2.75, 3.05) is 52.5 Å². The van der Waals surface area contributed by atoms with Crippen molar-refractivity contribution in [2.45, 2.75) is 72.7 Å². The molecule has 1 aliphatic carbocycles. The highest BCUT2D eigenvalue weighted by Crippen LogP contribution is 2.62. The van der Waals surface area contributed by atoms with Crippen LogP contribution in [0.15, 0.2) is 113 Å². The van der Waals surface area contributed by atoms with Gasteiger partial charge in [-0.1, -0.05) is 74.9 Å². The first-order valence-corrected chi connectivity index (χ1v) is 22.8. The number of hydrogen-bond donors (Lipinski definition) is 0. The zero-order valence-electron chi connectivity index (χ0n) is 37.2. The lowest BCUT2D eigenvalue weighted by Gasteiger charge is -2.40. The van der Waals surface area contributed by atoms with Gasteiger partial charge in [-0.2, -0.15) is 26.3 Å². The number of nitrogens with zero attached hydrogens (tertiary/aromatic N) is 1. The predicted molar refractivity (Wildman–Crippen MR) is 247 cm³/mol. The molecule has 13 heteroatoms. The summed E-state index contributed by atoms with van der Waals surface area (Å²) >= 11 is 1.02. The third-order valence-corrected chi connectivity index (χ3v) is 14.2. The van der Waals surface area contributed by atoms with Crippen LogP contribution in [0.3, 0.4) is 0 Å². The lowest BCUT2D eigenvalue weighted by molar-refractivity contribution is -0.162. The van der Waals surface area contributed by atoms with Gasteiger partial charge in [0.1, 0.15) is 23.0 Å². The highest BCUT2D eigenvalue weighted by Gasteiger charge is 2.49. The molecule has 0 bridgehead atoms. The second-order valence-corrected chi connectivity index (χ2v) is 18.0. The van der Waals surface area contributed by atoms with E-state index >= 15 is 0 Å². The summed E-state index contributed by atoms with van der Waals surface area (Å²) in [5, 5.41) is 1.79. The Morgan fingerprint density at radius 1 is 0.667 bits per heavy atom. The minimum absolute atomic E-state index is 0.0529. The highest BCUT2D eigenvalue weighted by molar-refractivity contribution is 7.99. The standard InChI is InChI=1S/C53H49F6NO5S/c1-6-21-50(22-7-2)43-28-36(66-37-17-19-42(52(54,55)56)44(29-37)53(57,58)59)16-18-38(43)47-40-30-45(60-24-26-64-27-25-60)46(63-5)31-41(40)49-39(48(47)50)20-23-51(65-49,32-8-12-34(61-3)13-9-32)33-10-14-35(62-4)15-11-33/h8-20,23,28-31H,6-7,21-22,24-27H2,1-5H3. The summed E-state index contributed by atoms with van der Waals surface area (Å²) in [5.74, 6) is 2.75. The number of anilines is 1. The van der Waals surface area contributed by atoms with E-state index in [2.05, 4.69) is 43.0 Å². The molecule has 6 aromatic carbocycles. The molecule has 2 aliphatic heterocycles. The molecule has 0 aromatic heterocycles. The van der Waals surface area contributed by atoms with Gasteiger partial charge in [-0.05, 0) is 113 Å². The molecule has 0 unspecified atom stereocenters. The smallest absolute Gasteiger partial charge is 0.417 e. The molecule has 0 spiro atoms. The Morgan fingerprint density at radius 3 is 1.82 bits per heavy atom. The van der Waals surface area contributed by atoms with E-state index in [-0.39, 0.29) is 4.90 Å². The fraction of sp³-hybridized carbons (Fsp3) is 0.321. The molecule has 0 amide bonds. The van der Waals surface area contributed by atoms with Crippen LogP contribution >= 0.6 is 11.8 Å². The van der Waals surface area contributed by atoms with E-state index in [0.29, 0.717) is 66.3 Å². The topological polar surface area (TPSA) is 49.4 Å². The number of alkyl halides is 6. The maximum Gasteiger partial charge on any atom is 0.417 e. The van der Waals surface area contributed by atoms with Crippen molar-refractivity contribution < 1.29 is 50.0 Å². The quantitative estimate of drug-likeness (QED) is 0.113. The molecule has 2 heterocycles. The highest BCUT2D eigenvalue weighted by atomic mass is 32.2. The van der Waals surface area contributed by atoms with Crippen LogP contribution < -0.4 is 23.8 Å². The van der Waals surface area contributed by atoms with Crippen molar-refractivity contribution in [3.05, 3.63) is 142 Å². The van der Waals surface area contributed by atoms with Gasteiger partial charge in [0.25, 0.3) is 0 Å². The van der Waals surface area contributed by atoms with Crippen LogP contribution in [0.1, 0.15) is 78.5 Å². The van der Waals surface area contributed by atoms with Gasteiger partial charge in [0, 0.05) is 50.4 Å². The van der Waals surface area contributed by atoms with Crippen LogP contribution in [0.2, 0.25) is 0 Å². The van der Waals surface area contributed by atoms with E-state index in [4.69, 9.17) is 23.7 Å². The zero-order valence-corrected chi connectivity index (χ0v) is 38.0. The van der Waals surface area contributed by atoms with Crippen LogP contribution in [-0.2, 0) is 28.1 Å². The van der Waals surface area contributed by atoms with E-state index < -0.39 is 34.5 Å². The summed E-state index contributed by atoms with van der Waals surface area (Å²) < 4.78 is 114. The number of morpholine rings is 1. The lowest BCUT2D eigenvalue weighted by atomic mass is 9.69. The number of benzene rings is 6. The molecule has 3 aliphatic rings. The number of methoxy groups -OCH3 is 3. The first kappa shape index (κ1) is 45.4. The molecule has 1 saturated heterocycles. The number of halogens is 6. The summed E-state index contributed by atoms with van der Waals surface area (Å²) in [6, 6.07) is 28.1. The zero-order chi connectivity index (χ0) is 46.6. The van der Waals surface area contributed by atoms with Gasteiger partial charge in [0.2, 0.25) is 0 Å². The van der Waals surface area contributed by atoms with Gasteiger partial charge in [-0.3, -0.25) is 0 Å². The molecule has 0 atom stereocenters. The Labute approximate surface area is 384 Å². The maximum atomic E-state index is 14.1. The Hall–Kier alpha value is -5.79. The average molecular weight is 926 g/mol. The molecular formula is C53H49F6NO5S. The molecule has 6 aromatic rings. The van der Waals surface area contributed by atoms with Crippen LogP contribution in [0.25, 0.3) is 28.0 Å². The molecule has 6 nitrogen and oxygen atoms in total. The van der Waals surface area contributed by atoms with Gasteiger partial charge >= 0.3 is 12.4 Å². The van der Waals surface area contributed by atoms with E-state index in [1.54, 1.807) is 21.3 Å². The van der Waals surface area contributed by atoms with Crippen molar-refractivity contribution in [3.63, 3.8) is 0 Å². The van der Waals surface area contributed by atoms with E-state index in [1.165, 1.54) is 0 Å². The van der Waals surface area contributed by atoms with Crippen molar-refractivity contribution in [1.29, 1.82) is 0 Å². The Bertz CT molecular complexity index is 2760. The summed E-state index contributed by atoms with van der Waals surface area (Å²) in [4.78, 5) is 2.94. The predicted octanol–water partition coefficient (Wildman–Crippen LogP) is 14.1. The number of ether oxygens (including phenoxy) is 5. The molecule has 0 saturated carbocycles. The summed E-state index contributed by atoms with van der Waals surface area (Å²) in [6.45, 7) is 6.75. The molecule has 0 radical (unpaired) electrons. The Morgan fingerprint density at radius 2 is 1.26 bits per heavy atom. The molecule has 66 heavy (non-hydrogen) atoms. The van der Waals surface area contributed by atoms with E-state index in [0.717, 1.165) is 98.9 Å². The minimum Gasteiger partial charge on any atom is -0.497 e. The van der Waals surface area contributed by atoms with Crippen LogP contribution in [0, 0.1) is 0 Å². The average Bonchev–Trinajstić information content (AvgIpc) is 3.59. The van der Waals surface area contributed by atoms with Crippen LogP contribution in [0.4, 0.5) is 32.0 Å². The fourth-order valence-electron chi connectivity index (χ4n) is 10.3. The van der Waals surface area contributed by atoms with E-state index in [9.17, 15) is 26.3 Å². The normalized spacial score (nSPS) is 16.1. The van der Waals surface area contributed by atoms with E-state index in [1.807, 2.05) is 66.7 Å². The Balaban J connectivity index is 1.31. The van der Waals surface area contributed by atoms with Crippen LogP contribution in [0.5, 0.6) is 23.0 Å². The van der Waals surface area contributed by atoms with Crippen molar-refractivity contribution in [1.82, 2.24) is 0 Å². The van der Waals surface area contributed by atoms with Gasteiger partial charge in [-0.25, -0.2) is 0 Å². The number of fused-ring (bicyclic) bond motifs is 8. The summed E-state index contributed by atoms with van der Waals surface area (Å²) in [7, 11) is 4.93. The number of rotatable bonds is 12. The minimum atomic E-state index is -5.20. The van der Waals surface area contributed by atoms with Gasteiger partial charge in [0.05, 0.1) is 51.4 Å². The van der Waals surface area contributed by atoms with Crippen molar-refractivity contribution in [3.8, 4) is 34.1 Å². The Kier molecular flexibility index (Phi) is 12.0. The van der Waals surface area contributed by atoms with Gasteiger partial charge in [0.15, 0.2) is 5.60 Å². The third-order valence-electron chi connectivity index (χ3n) is 13.2. The molecule has 1 fully saturated rings. The third kappa shape index (κ3) is 7.71. The monoisotopic (exact) mass is 925 g/mol. The summed E-state index contributed by atoms with van der Waals surface area (Å²) in [6.07, 6.45) is -2.97. The van der Waals surface area contributed by atoms with Gasteiger partial charge in [-0.15, -0.1) is 0 Å². The second-order valence-electron chi connectivity index (χ2n) is 16.9. The number of hydrogen-bond acceptors (Lipinski definition) is 7. The summed E-state index contributed by atoms with van der Waals surface area (Å²) in [5.41, 5.74) is 2.62. The SMILES string of the molecule is CCCC1(CCC)c2cc(Sc3ccc(C(F)(F)F)c(C(F)(F)F)c3)ccc2-c2c1c1c(c3cc(OC)c(N4CCOCC4)cc23)OC(c2ccc(OC)cc2)(c2ccc(OC)cc2)C=C1. The second kappa shape index (κ2) is 17.5. The largest absolute Gasteiger partial charge is 0.497 e. The first-order chi connectivity index (χ1) is 31.7. The van der Waals surface area contributed by atoms with Crippen molar-refractivity contribution >= 4 is 34.3 Å². The fourth-order valence-corrected chi connectivity index (χ4v) is 11.2. The lowest BCUT2D eigenvalue weighted by Crippen LogP contribution is -2.36. The molecule has 0 N–H and O–H groups in total. The molecule has 344 valence electrons.